The van der Waals surface area contributed by atoms with E-state index in [1.165, 1.54) is 0 Å². The van der Waals surface area contributed by atoms with E-state index in [-0.39, 0.29) is 0 Å². The topological polar surface area (TPSA) is 9.23 Å². The van der Waals surface area contributed by atoms with Crippen LogP contribution in [0.15, 0.2) is 28.7 Å². The summed E-state index contributed by atoms with van der Waals surface area (Å²) in [5.41, 5.74) is 1.07. The first-order valence-electron chi connectivity index (χ1n) is 3.08. The fourth-order valence-corrected chi connectivity index (χ4v) is 1.18. The Bertz CT molecular complexity index is 255. The van der Waals surface area contributed by atoms with Gasteiger partial charge in [-0.3, -0.25) is 0 Å². The second-order valence-corrected chi connectivity index (χ2v) is 3.49. The fourth-order valence-electron chi connectivity index (χ4n) is 0.704. The Morgan fingerprint density at radius 2 is 1.91 bits per heavy atom. The first-order chi connectivity index (χ1) is 5.24. The van der Waals surface area contributed by atoms with Crippen molar-refractivity contribution in [3.8, 4) is 0 Å². The SMILES string of the molecule is CO[C](=[Cr])c1ccc(Br)cc1. The number of rotatable bonds is 2. The Labute approximate surface area is 82.5 Å². The molecule has 0 N–H and O–H groups in total. The van der Waals surface area contributed by atoms with E-state index in [9.17, 15) is 0 Å². The van der Waals surface area contributed by atoms with Crippen LogP contribution in [0.4, 0.5) is 0 Å². The zero-order valence-electron chi connectivity index (χ0n) is 6.00. The van der Waals surface area contributed by atoms with Crippen LogP contribution in [-0.4, -0.2) is 11.7 Å². The molecule has 0 radical (unpaired) electrons. The number of methoxy groups -OCH3 is 1. The molecule has 0 atom stereocenters. The zero-order chi connectivity index (χ0) is 8.27. The van der Waals surface area contributed by atoms with Crippen LogP contribution in [0.3, 0.4) is 0 Å². The summed E-state index contributed by atoms with van der Waals surface area (Å²) >= 11 is 6.20. The van der Waals surface area contributed by atoms with Gasteiger partial charge in [0.2, 0.25) is 0 Å². The van der Waals surface area contributed by atoms with Gasteiger partial charge in [-0.05, 0) is 0 Å². The summed E-state index contributed by atoms with van der Waals surface area (Å²) in [7, 11) is 1.65. The molecule has 0 aliphatic heterocycles. The molecule has 0 aliphatic carbocycles. The van der Waals surface area contributed by atoms with Crippen LogP contribution in [0.1, 0.15) is 5.56 Å². The van der Waals surface area contributed by atoms with Crippen molar-refractivity contribution in [1.82, 2.24) is 0 Å². The summed E-state index contributed by atoms with van der Waals surface area (Å²) in [4.78, 5) is 0. The van der Waals surface area contributed by atoms with Gasteiger partial charge in [-0.15, -0.1) is 0 Å². The average Bonchev–Trinajstić information content (AvgIpc) is 2.05. The third kappa shape index (κ3) is 2.54. The van der Waals surface area contributed by atoms with Gasteiger partial charge in [0.25, 0.3) is 0 Å². The molecule has 11 heavy (non-hydrogen) atoms. The van der Waals surface area contributed by atoms with Crippen molar-refractivity contribution in [2.45, 2.75) is 0 Å². The summed E-state index contributed by atoms with van der Waals surface area (Å²) in [6.45, 7) is 0. The minimum atomic E-state index is 0.817. The van der Waals surface area contributed by atoms with E-state index in [2.05, 4.69) is 31.8 Å². The monoisotopic (exact) mass is 250 g/mol. The van der Waals surface area contributed by atoms with Crippen LogP contribution in [-0.2, 0) is 20.6 Å². The molecule has 0 amide bonds. The first kappa shape index (κ1) is 9.15. The van der Waals surface area contributed by atoms with Crippen molar-refractivity contribution in [2.75, 3.05) is 7.11 Å². The van der Waals surface area contributed by atoms with Crippen molar-refractivity contribution in [3.05, 3.63) is 34.3 Å². The van der Waals surface area contributed by atoms with E-state index < -0.39 is 0 Å². The van der Waals surface area contributed by atoms with Crippen LogP contribution in [0.5, 0.6) is 0 Å². The number of ether oxygens (including phenoxy) is 1. The Morgan fingerprint density at radius 3 is 2.36 bits per heavy atom. The summed E-state index contributed by atoms with van der Waals surface area (Å²) in [6.07, 6.45) is 0. The molecule has 0 fully saturated rings. The molecule has 0 spiro atoms. The Balaban J connectivity index is 2.90. The predicted octanol–water partition coefficient (Wildman–Crippen LogP) is 2.12. The van der Waals surface area contributed by atoms with Crippen molar-refractivity contribution in [3.63, 3.8) is 0 Å². The van der Waals surface area contributed by atoms with Gasteiger partial charge in [0.05, 0.1) is 0 Å². The van der Waals surface area contributed by atoms with Crippen LogP contribution < -0.4 is 0 Å². The minimum absolute atomic E-state index is 0.817. The molecule has 1 aromatic carbocycles. The summed E-state index contributed by atoms with van der Waals surface area (Å²) in [5, 5.41) is 0. The molecule has 0 unspecified atom stereocenters. The third-order valence-electron chi connectivity index (χ3n) is 1.27. The van der Waals surface area contributed by atoms with Gasteiger partial charge in [0, 0.05) is 0 Å². The molecule has 3 heteroatoms. The number of hydrogen-bond donors (Lipinski definition) is 0. The van der Waals surface area contributed by atoms with Crippen molar-refractivity contribution < 1.29 is 20.6 Å². The van der Waals surface area contributed by atoms with Crippen LogP contribution >= 0.6 is 15.9 Å². The van der Waals surface area contributed by atoms with Crippen molar-refractivity contribution in [1.29, 1.82) is 0 Å². The number of benzene rings is 1. The molecule has 0 aliphatic rings. The molecule has 0 aromatic heterocycles. The predicted molar refractivity (Wildman–Crippen MR) is 45.3 cm³/mol. The van der Waals surface area contributed by atoms with Gasteiger partial charge in [-0.2, -0.15) is 0 Å². The molecular formula is C8H7BrCrO. The standard InChI is InChI=1S/C8H7BrO.Cr/c1-10-6-7-2-4-8(9)5-3-7;/h2-5H,1H3;. The average molecular weight is 251 g/mol. The molecule has 0 saturated heterocycles. The van der Waals surface area contributed by atoms with E-state index in [1.54, 1.807) is 7.11 Å². The molecule has 1 rings (SSSR count). The van der Waals surface area contributed by atoms with E-state index in [4.69, 9.17) is 4.74 Å². The number of hydrogen-bond acceptors (Lipinski definition) is 1. The third-order valence-corrected chi connectivity index (χ3v) is 2.42. The maximum absolute atomic E-state index is 5.02. The maximum atomic E-state index is 5.02. The Kier molecular flexibility index (Phi) is 3.48. The first-order valence-corrected chi connectivity index (χ1v) is 4.51. The van der Waals surface area contributed by atoms with E-state index in [1.807, 2.05) is 24.3 Å². The van der Waals surface area contributed by atoms with Crippen LogP contribution in [0.2, 0.25) is 0 Å². The second kappa shape index (κ2) is 4.18. The van der Waals surface area contributed by atoms with Crippen molar-refractivity contribution >= 4 is 20.5 Å². The van der Waals surface area contributed by atoms with Gasteiger partial charge < -0.3 is 0 Å². The molecule has 0 saturated carbocycles. The van der Waals surface area contributed by atoms with Crippen LogP contribution in [0, 0.1) is 0 Å². The van der Waals surface area contributed by atoms with Crippen LogP contribution in [0.25, 0.3) is 0 Å². The van der Waals surface area contributed by atoms with E-state index in [0.29, 0.717) is 0 Å². The van der Waals surface area contributed by atoms with Gasteiger partial charge in [0.15, 0.2) is 0 Å². The molecule has 1 aromatic rings. The quantitative estimate of drug-likeness (QED) is 0.782. The summed E-state index contributed by atoms with van der Waals surface area (Å²) in [6, 6.07) is 7.93. The van der Waals surface area contributed by atoms with Gasteiger partial charge >= 0.3 is 82.5 Å². The number of halogens is 1. The van der Waals surface area contributed by atoms with Gasteiger partial charge in [-0.25, -0.2) is 0 Å². The summed E-state index contributed by atoms with van der Waals surface area (Å²) in [5.74, 6) is 0. The molecule has 1 nitrogen and oxygen atoms in total. The Hall–Kier alpha value is 0.0625. The van der Waals surface area contributed by atoms with E-state index in [0.717, 1.165) is 14.6 Å². The van der Waals surface area contributed by atoms with Gasteiger partial charge in [-0.1, -0.05) is 0 Å². The normalized spacial score (nSPS) is 9.64. The second-order valence-electron chi connectivity index (χ2n) is 2.00. The van der Waals surface area contributed by atoms with Gasteiger partial charge in [0.1, 0.15) is 0 Å². The van der Waals surface area contributed by atoms with Crippen molar-refractivity contribution in [2.24, 2.45) is 0 Å². The molecule has 0 heterocycles. The molecular weight excluding hydrogens is 244 g/mol. The molecule has 0 bridgehead atoms. The zero-order valence-corrected chi connectivity index (χ0v) is 8.86. The fraction of sp³-hybridized carbons (Fsp3) is 0.125. The summed E-state index contributed by atoms with van der Waals surface area (Å²) < 4.78 is 6.91. The molecule has 58 valence electrons. The van der Waals surface area contributed by atoms with E-state index >= 15 is 0 Å². The Morgan fingerprint density at radius 1 is 1.36 bits per heavy atom.